The number of benzene rings is 1. The lowest BCUT2D eigenvalue weighted by atomic mass is 10.2. The maximum absolute atomic E-state index is 12.6. The summed E-state index contributed by atoms with van der Waals surface area (Å²) >= 11 is 5.79. The fraction of sp³-hybridized carbons (Fsp3) is 0.235. The van der Waals surface area contributed by atoms with Crippen LogP contribution in [-0.2, 0) is 6.18 Å². The molecule has 0 aliphatic rings. The lowest BCUT2D eigenvalue weighted by Crippen LogP contribution is -2.10. The zero-order valence-electron chi connectivity index (χ0n) is 13.4. The highest BCUT2D eigenvalue weighted by molar-refractivity contribution is 6.31. The van der Waals surface area contributed by atoms with Crippen LogP contribution in [0, 0.1) is 0 Å². The molecule has 0 bridgehead atoms. The molecule has 3 aromatic rings. The third kappa shape index (κ3) is 4.32. The molecule has 0 radical (unpaired) electrons. The van der Waals surface area contributed by atoms with Crippen molar-refractivity contribution in [2.45, 2.75) is 12.6 Å². The van der Waals surface area contributed by atoms with Crippen LogP contribution in [0.5, 0.6) is 5.88 Å². The van der Waals surface area contributed by atoms with Crippen LogP contribution in [0.1, 0.15) is 12.0 Å². The van der Waals surface area contributed by atoms with E-state index >= 15 is 0 Å². The largest absolute Gasteiger partial charge is 0.477 e. The lowest BCUT2D eigenvalue weighted by Gasteiger charge is -2.11. The molecule has 5 nitrogen and oxygen atoms in total. The first-order valence-electron chi connectivity index (χ1n) is 7.74. The summed E-state index contributed by atoms with van der Waals surface area (Å²) in [7, 11) is 0. The summed E-state index contributed by atoms with van der Waals surface area (Å²) in [4.78, 5) is 12.0. The average molecular weight is 383 g/mol. The van der Waals surface area contributed by atoms with Crippen LogP contribution in [-0.4, -0.2) is 28.1 Å². The number of para-hydroxylation sites is 1. The van der Waals surface area contributed by atoms with Crippen molar-refractivity contribution in [1.29, 1.82) is 0 Å². The molecular formula is C17H14ClF3N4O. The molecule has 26 heavy (non-hydrogen) atoms. The van der Waals surface area contributed by atoms with E-state index in [9.17, 15) is 13.2 Å². The minimum atomic E-state index is -4.49. The highest BCUT2D eigenvalue weighted by Crippen LogP contribution is 2.33. The fourth-order valence-electron chi connectivity index (χ4n) is 2.28. The molecule has 0 unspecified atom stereocenters. The number of anilines is 1. The normalized spacial score (nSPS) is 11.5. The molecule has 0 saturated heterocycles. The van der Waals surface area contributed by atoms with Crippen molar-refractivity contribution >= 4 is 28.3 Å². The second kappa shape index (κ2) is 7.74. The van der Waals surface area contributed by atoms with Crippen molar-refractivity contribution in [2.24, 2.45) is 0 Å². The fourth-order valence-corrected chi connectivity index (χ4v) is 2.50. The van der Waals surface area contributed by atoms with Gasteiger partial charge in [0, 0.05) is 18.1 Å². The van der Waals surface area contributed by atoms with Gasteiger partial charge in [-0.2, -0.15) is 13.2 Å². The summed E-state index contributed by atoms with van der Waals surface area (Å²) in [6.45, 7) is 0.799. The molecule has 0 fully saturated rings. The Morgan fingerprint density at radius 3 is 2.69 bits per heavy atom. The second-order valence-corrected chi connectivity index (χ2v) is 5.78. The van der Waals surface area contributed by atoms with E-state index in [-0.39, 0.29) is 17.5 Å². The number of halogens is 4. The third-order valence-corrected chi connectivity index (χ3v) is 3.80. The lowest BCUT2D eigenvalue weighted by molar-refractivity contribution is -0.137. The van der Waals surface area contributed by atoms with Gasteiger partial charge in [0.2, 0.25) is 5.88 Å². The number of aromatic nitrogens is 3. The standard InChI is InChI=1S/C17H14ClF3N4O/c18-13-8-11(17(19,20)21)9-23-16(13)26-7-3-6-22-15-12-4-1-2-5-14(12)24-10-25-15/h1-2,4-5,8-10H,3,6-7H2,(H,22,24,25). The Kier molecular flexibility index (Phi) is 5.41. The molecule has 0 amide bonds. The van der Waals surface area contributed by atoms with E-state index in [0.717, 1.165) is 17.0 Å². The third-order valence-electron chi connectivity index (χ3n) is 3.53. The highest BCUT2D eigenvalue weighted by atomic mass is 35.5. The molecule has 0 aliphatic carbocycles. The van der Waals surface area contributed by atoms with E-state index in [1.165, 1.54) is 6.33 Å². The molecule has 2 heterocycles. The number of ether oxygens (including phenoxy) is 1. The Bertz CT molecular complexity index is 899. The van der Waals surface area contributed by atoms with E-state index in [4.69, 9.17) is 16.3 Å². The number of hydrogen-bond donors (Lipinski definition) is 1. The van der Waals surface area contributed by atoms with Crippen molar-refractivity contribution in [3.63, 3.8) is 0 Å². The molecular weight excluding hydrogens is 369 g/mol. The van der Waals surface area contributed by atoms with Crippen LogP contribution in [0.4, 0.5) is 19.0 Å². The molecule has 3 rings (SSSR count). The van der Waals surface area contributed by atoms with Crippen LogP contribution in [0.2, 0.25) is 5.02 Å². The van der Waals surface area contributed by atoms with E-state index in [0.29, 0.717) is 25.0 Å². The molecule has 0 aliphatic heterocycles. The van der Waals surface area contributed by atoms with Crippen molar-refractivity contribution in [1.82, 2.24) is 15.0 Å². The summed E-state index contributed by atoms with van der Waals surface area (Å²) < 4.78 is 43.0. The maximum Gasteiger partial charge on any atom is 0.417 e. The Morgan fingerprint density at radius 2 is 1.92 bits per heavy atom. The molecule has 136 valence electrons. The number of rotatable bonds is 6. The van der Waals surface area contributed by atoms with Gasteiger partial charge < -0.3 is 10.1 Å². The zero-order valence-corrected chi connectivity index (χ0v) is 14.2. The summed E-state index contributed by atoms with van der Waals surface area (Å²) in [5.41, 5.74) is -0.0749. The van der Waals surface area contributed by atoms with Gasteiger partial charge in [-0.3, -0.25) is 0 Å². The van der Waals surface area contributed by atoms with Crippen molar-refractivity contribution in [2.75, 3.05) is 18.5 Å². The van der Waals surface area contributed by atoms with Crippen molar-refractivity contribution in [3.8, 4) is 5.88 Å². The van der Waals surface area contributed by atoms with Crippen molar-refractivity contribution < 1.29 is 17.9 Å². The zero-order chi connectivity index (χ0) is 18.6. The van der Waals surface area contributed by atoms with Crippen LogP contribution in [0.25, 0.3) is 10.9 Å². The van der Waals surface area contributed by atoms with Gasteiger partial charge in [-0.25, -0.2) is 15.0 Å². The number of fused-ring (bicyclic) bond motifs is 1. The summed E-state index contributed by atoms with van der Waals surface area (Å²) in [6.07, 6.45) is -1.73. The molecule has 0 saturated carbocycles. The van der Waals surface area contributed by atoms with Crippen LogP contribution in [0.15, 0.2) is 42.9 Å². The Hall–Kier alpha value is -2.61. The van der Waals surface area contributed by atoms with Gasteiger partial charge >= 0.3 is 6.18 Å². The molecule has 1 N–H and O–H groups in total. The topological polar surface area (TPSA) is 59.9 Å². The first-order valence-corrected chi connectivity index (χ1v) is 8.12. The van der Waals surface area contributed by atoms with Gasteiger partial charge in [0.25, 0.3) is 0 Å². The summed E-state index contributed by atoms with van der Waals surface area (Å²) in [5, 5.41) is 3.92. The van der Waals surface area contributed by atoms with Crippen LogP contribution in [0.3, 0.4) is 0 Å². The van der Waals surface area contributed by atoms with Gasteiger partial charge in [0.1, 0.15) is 17.2 Å². The number of hydrogen-bond acceptors (Lipinski definition) is 5. The van der Waals surface area contributed by atoms with Gasteiger partial charge in [-0.1, -0.05) is 23.7 Å². The molecule has 1 aromatic carbocycles. The SMILES string of the molecule is FC(F)(F)c1cnc(OCCCNc2ncnc3ccccc23)c(Cl)c1. The Labute approximate surface area is 152 Å². The van der Waals surface area contributed by atoms with Gasteiger partial charge in [-0.15, -0.1) is 0 Å². The quantitative estimate of drug-likeness (QED) is 0.632. The van der Waals surface area contributed by atoms with E-state index in [1.807, 2.05) is 24.3 Å². The molecule has 0 spiro atoms. The number of nitrogens with one attached hydrogen (secondary N) is 1. The number of pyridine rings is 1. The average Bonchev–Trinajstić information content (AvgIpc) is 2.62. The maximum atomic E-state index is 12.6. The second-order valence-electron chi connectivity index (χ2n) is 5.38. The van der Waals surface area contributed by atoms with Crippen LogP contribution >= 0.6 is 11.6 Å². The molecule has 9 heteroatoms. The minimum Gasteiger partial charge on any atom is -0.477 e. The Balaban J connectivity index is 1.51. The number of alkyl halides is 3. The van der Waals surface area contributed by atoms with Gasteiger partial charge in [-0.05, 0) is 24.6 Å². The molecule has 0 atom stereocenters. The first-order chi connectivity index (χ1) is 12.4. The van der Waals surface area contributed by atoms with Gasteiger partial charge in [0.05, 0.1) is 17.7 Å². The predicted octanol–water partition coefficient (Wildman–Crippen LogP) is 4.58. The monoisotopic (exact) mass is 382 g/mol. The predicted molar refractivity (Wildman–Crippen MR) is 92.4 cm³/mol. The summed E-state index contributed by atoms with van der Waals surface area (Å²) in [5.74, 6) is 0.688. The van der Waals surface area contributed by atoms with E-state index < -0.39 is 11.7 Å². The Morgan fingerprint density at radius 1 is 1.12 bits per heavy atom. The van der Waals surface area contributed by atoms with Crippen LogP contribution < -0.4 is 10.1 Å². The van der Waals surface area contributed by atoms with E-state index in [1.54, 1.807) is 0 Å². The summed E-state index contributed by atoms with van der Waals surface area (Å²) in [6, 6.07) is 8.41. The molecule has 2 aromatic heterocycles. The van der Waals surface area contributed by atoms with Gasteiger partial charge in [0.15, 0.2) is 0 Å². The smallest absolute Gasteiger partial charge is 0.417 e. The van der Waals surface area contributed by atoms with Crippen molar-refractivity contribution in [3.05, 3.63) is 53.4 Å². The highest BCUT2D eigenvalue weighted by Gasteiger charge is 2.31. The first kappa shape index (κ1) is 18.2. The minimum absolute atomic E-state index is 0.0212. The number of nitrogens with zero attached hydrogens (tertiary/aromatic N) is 3. The van der Waals surface area contributed by atoms with E-state index in [2.05, 4.69) is 20.3 Å².